The number of anilines is 1. The van der Waals surface area contributed by atoms with Gasteiger partial charge in [0.15, 0.2) is 5.82 Å². The Morgan fingerprint density at radius 3 is 2.96 bits per heavy atom. The summed E-state index contributed by atoms with van der Waals surface area (Å²) >= 11 is 0. The molecule has 0 aromatic carbocycles. The van der Waals surface area contributed by atoms with Crippen LogP contribution in [0.1, 0.15) is 48.5 Å². The maximum Gasteiger partial charge on any atom is 0.267 e. The van der Waals surface area contributed by atoms with Crippen molar-refractivity contribution >= 4 is 5.82 Å². The average Bonchev–Trinajstić information content (AvgIpc) is 2.68. The molecule has 26 heavy (non-hydrogen) atoms. The molecule has 8 heteroatoms. The first-order chi connectivity index (χ1) is 12.7. The highest BCUT2D eigenvalue weighted by Gasteiger charge is 2.25. The third kappa shape index (κ3) is 3.30. The number of hydrogen-bond acceptors (Lipinski definition) is 7. The smallest absolute Gasteiger partial charge is 0.267 e. The topological polar surface area (TPSA) is 106 Å². The number of fused-ring (bicyclic) bond motifs is 1. The van der Waals surface area contributed by atoms with Gasteiger partial charge < -0.3 is 10.1 Å². The molecule has 1 aliphatic heterocycles. The predicted molar refractivity (Wildman–Crippen MR) is 93.5 cm³/mol. The number of nitrogens with zero attached hydrogens (tertiary/aromatic N) is 5. The molecule has 1 N–H and O–H groups in total. The Morgan fingerprint density at radius 1 is 1.31 bits per heavy atom. The quantitative estimate of drug-likeness (QED) is 0.894. The Morgan fingerprint density at radius 2 is 2.15 bits per heavy atom. The summed E-state index contributed by atoms with van der Waals surface area (Å²) in [6.45, 7) is 1.14. The molecule has 0 spiro atoms. The Balaban J connectivity index is 1.44. The minimum atomic E-state index is -0.0497. The second-order valence-corrected chi connectivity index (χ2v) is 6.76. The van der Waals surface area contributed by atoms with Gasteiger partial charge >= 0.3 is 0 Å². The molecular weight excluding hydrogens is 332 g/mol. The zero-order chi connectivity index (χ0) is 17.9. The largest absolute Gasteiger partial charge is 0.376 e. The Kier molecular flexibility index (Phi) is 4.63. The van der Waals surface area contributed by atoms with Crippen molar-refractivity contribution < 1.29 is 4.74 Å². The van der Waals surface area contributed by atoms with Crippen molar-refractivity contribution in [2.75, 3.05) is 11.9 Å². The standard InChI is InChI=1S/C18H20N6O2/c19-10-12-5-7-20-22-18(12)21-14-1-3-15(4-2-14)24-17(25)9-13-11-26-8-6-16(13)23-24/h5,7,9,14-15H,1-4,6,8,11H2,(H,21,22). The van der Waals surface area contributed by atoms with Gasteiger partial charge in [0.1, 0.15) is 6.07 Å². The van der Waals surface area contributed by atoms with E-state index in [1.54, 1.807) is 16.8 Å². The highest BCUT2D eigenvalue weighted by molar-refractivity contribution is 5.50. The van der Waals surface area contributed by atoms with E-state index < -0.39 is 0 Å². The van der Waals surface area contributed by atoms with Crippen LogP contribution in [0.2, 0.25) is 0 Å². The van der Waals surface area contributed by atoms with Crippen LogP contribution in [0.5, 0.6) is 0 Å². The number of nitrogens with one attached hydrogen (secondary N) is 1. The highest BCUT2D eigenvalue weighted by atomic mass is 16.5. The van der Waals surface area contributed by atoms with Crippen molar-refractivity contribution in [3.05, 3.63) is 45.5 Å². The van der Waals surface area contributed by atoms with Gasteiger partial charge in [0.2, 0.25) is 0 Å². The van der Waals surface area contributed by atoms with E-state index >= 15 is 0 Å². The molecule has 4 rings (SSSR count). The molecule has 1 fully saturated rings. The van der Waals surface area contributed by atoms with Crippen LogP contribution in [0.3, 0.4) is 0 Å². The van der Waals surface area contributed by atoms with Crippen molar-refractivity contribution in [3.8, 4) is 6.07 Å². The van der Waals surface area contributed by atoms with Crippen molar-refractivity contribution in [2.24, 2.45) is 0 Å². The number of aromatic nitrogens is 4. The van der Waals surface area contributed by atoms with E-state index in [9.17, 15) is 4.79 Å². The molecule has 0 atom stereocenters. The molecule has 1 saturated carbocycles. The van der Waals surface area contributed by atoms with Crippen LogP contribution < -0.4 is 10.9 Å². The fraction of sp³-hybridized carbons (Fsp3) is 0.500. The lowest BCUT2D eigenvalue weighted by Crippen LogP contribution is -2.35. The third-order valence-corrected chi connectivity index (χ3v) is 5.09. The van der Waals surface area contributed by atoms with E-state index in [-0.39, 0.29) is 17.6 Å². The number of rotatable bonds is 3. The van der Waals surface area contributed by atoms with Crippen LogP contribution in [0.4, 0.5) is 5.82 Å². The summed E-state index contributed by atoms with van der Waals surface area (Å²) in [5, 5.41) is 24.9. The van der Waals surface area contributed by atoms with E-state index in [0.717, 1.165) is 43.4 Å². The molecule has 0 amide bonds. The molecular formula is C18H20N6O2. The van der Waals surface area contributed by atoms with Gasteiger partial charge in [-0.25, -0.2) is 4.68 Å². The lowest BCUT2D eigenvalue weighted by molar-refractivity contribution is 0.107. The first-order valence-electron chi connectivity index (χ1n) is 8.92. The SMILES string of the molecule is N#Cc1ccnnc1NC1CCC(n2nc3c(cc2=O)COCC3)CC1. The molecule has 0 bridgehead atoms. The normalized spacial score (nSPS) is 22.3. The van der Waals surface area contributed by atoms with Gasteiger partial charge in [-0.05, 0) is 31.7 Å². The fourth-order valence-corrected chi connectivity index (χ4v) is 3.68. The van der Waals surface area contributed by atoms with Gasteiger partial charge in [0, 0.05) is 24.1 Å². The van der Waals surface area contributed by atoms with Crippen LogP contribution in [0.15, 0.2) is 23.1 Å². The summed E-state index contributed by atoms with van der Waals surface area (Å²) in [4.78, 5) is 12.4. The second-order valence-electron chi connectivity index (χ2n) is 6.76. The number of nitriles is 1. The average molecular weight is 352 g/mol. The molecule has 8 nitrogen and oxygen atoms in total. The van der Waals surface area contributed by atoms with Crippen LogP contribution in [0.25, 0.3) is 0 Å². The molecule has 0 radical (unpaired) electrons. The zero-order valence-electron chi connectivity index (χ0n) is 14.4. The summed E-state index contributed by atoms with van der Waals surface area (Å²) < 4.78 is 7.05. The molecule has 3 heterocycles. The van der Waals surface area contributed by atoms with E-state index in [1.165, 1.54) is 6.20 Å². The fourth-order valence-electron chi connectivity index (χ4n) is 3.68. The number of hydrogen-bond donors (Lipinski definition) is 1. The summed E-state index contributed by atoms with van der Waals surface area (Å²) in [6.07, 6.45) is 5.78. The molecule has 2 aromatic rings. The highest BCUT2D eigenvalue weighted by Crippen LogP contribution is 2.29. The van der Waals surface area contributed by atoms with E-state index in [4.69, 9.17) is 10.00 Å². The van der Waals surface area contributed by atoms with Gasteiger partial charge in [-0.2, -0.15) is 15.5 Å². The lowest BCUT2D eigenvalue weighted by atomic mass is 9.91. The van der Waals surface area contributed by atoms with Crippen LogP contribution in [0, 0.1) is 11.3 Å². The molecule has 0 unspecified atom stereocenters. The molecule has 1 aliphatic carbocycles. The monoisotopic (exact) mass is 352 g/mol. The lowest BCUT2D eigenvalue weighted by Gasteiger charge is -2.30. The Labute approximate surface area is 150 Å². The van der Waals surface area contributed by atoms with Crippen molar-refractivity contribution in [2.45, 2.75) is 50.8 Å². The summed E-state index contributed by atoms with van der Waals surface area (Å²) in [5.74, 6) is 0.530. The molecule has 0 saturated heterocycles. The second kappa shape index (κ2) is 7.22. The Hall–Kier alpha value is -2.79. The van der Waals surface area contributed by atoms with Crippen molar-refractivity contribution in [1.29, 1.82) is 5.26 Å². The van der Waals surface area contributed by atoms with Gasteiger partial charge in [-0.1, -0.05) is 0 Å². The summed E-state index contributed by atoms with van der Waals surface area (Å²) in [5.41, 5.74) is 2.34. The molecule has 134 valence electrons. The maximum atomic E-state index is 12.4. The van der Waals surface area contributed by atoms with Gasteiger partial charge in [0.05, 0.1) is 36.7 Å². The van der Waals surface area contributed by atoms with E-state index in [1.807, 2.05) is 0 Å². The van der Waals surface area contributed by atoms with Crippen LogP contribution in [-0.2, 0) is 17.8 Å². The Bertz CT molecular complexity index is 895. The van der Waals surface area contributed by atoms with Crippen molar-refractivity contribution in [1.82, 2.24) is 20.0 Å². The summed E-state index contributed by atoms with van der Waals surface area (Å²) in [7, 11) is 0. The van der Waals surface area contributed by atoms with Crippen LogP contribution >= 0.6 is 0 Å². The van der Waals surface area contributed by atoms with Crippen molar-refractivity contribution in [3.63, 3.8) is 0 Å². The number of ether oxygens (including phenoxy) is 1. The molecule has 2 aromatic heterocycles. The van der Waals surface area contributed by atoms with Gasteiger partial charge in [0.25, 0.3) is 5.56 Å². The first-order valence-corrected chi connectivity index (χ1v) is 8.92. The minimum absolute atomic E-state index is 0.0497. The maximum absolute atomic E-state index is 12.4. The van der Waals surface area contributed by atoms with Gasteiger partial charge in [-0.15, -0.1) is 5.10 Å². The van der Waals surface area contributed by atoms with E-state index in [0.29, 0.717) is 24.6 Å². The first kappa shape index (κ1) is 16.7. The van der Waals surface area contributed by atoms with Crippen LogP contribution in [-0.4, -0.2) is 32.6 Å². The van der Waals surface area contributed by atoms with Gasteiger partial charge in [-0.3, -0.25) is 4.79 Å². The predicted octanol–water partition coefficient (Wildman–Crippen LogP) is 1.57. The van der Waals surface area contributed by atoms with E-state index in [2.05, 4.69) is 26.7 Å². The molecule has 2 aliphatic rings. The summed E-state index contributed by atoms with van der Waals surface area (Å²) in [6, 6.07) is 5.79. The third-order valence-electron chi connectivity index (χ3n) is 5.09. The minimum Gasteiger partial charge on any atom is -0.376 e. The zero-order valence-corrected chi connectivity index (χ0v) is 14.4.